The Balaban J connectivity index is 1.64. The number of halogens is 2. The van der Waals surface area contributed by atoms with Gasteiger partial charge < -0.3 is 16.0 Å². The third-order valence-corrected chi connectivity index (χ3v) is 4.15. The van der Waals surface area contributed by atoms with Crippen molar-refractivity contribution in [3.05, 3.63) is 59.7 Å². The van der Waals surface area contributed by atoms with E-state index in [-0.39, 0.29) is 11.6 Å². The van der Waals surface area contributed by atoms with Gasteiger partial charge in [-0.25, -0.2) is 8.78 Å². The molecule has 1 atom stereocenters. The Labute approximate surface area is 140 Å². The number of nitrogens with one attached hydrogen (secondary N) is 1. The van der Waals surface area contributed by atoms with Crippen molar-refractivity contribution < 1.29 is 8.78 Å². The van der Waals surface area contributed by atoms with Crippen LogP contribution < -0.4 is 16.0 Å². The van der Waals surface area contributed by atoms with Gasteiger partial charge >= 0.3 is 0 Å². The van der Waals surface area contributed by atoms with E-state index in [9.17, 15) is 8.78 Å². The highest BCUT2D eigenvalue weighted by Crippen LogP contribution is 2.28. The van der Waals surface area contributed by atoms with Crippen LogP contribution in [0, 0.1) is 17.6 Å². The first-order valence-electron chi connectivity index (χ1n) is 7.84. The second kappa shape index (κ2) is 6.86. The van der Waals surface area contributed by atoms with E-state index < -0.39 is 11.6 Å². The van der Waals surface area contributed by atoms with Crippen LogP contribution in [0.25, 0.3) is 0 Å². The van der Waals surface area contributed by atoms with Crippen LogP contribution in [0.4, 0.5) is 20.2 Å². The summed E-state index contributed by atoms with van der Waals surface area (Å²) in [5.74, 6) is -0.693. The molecular weight excluding hydrogens is 310 g/mol. The number of para-hydroxylation sites is 1. The molecule has 4 nitrogen and oxygen atoms in total. The van der Waals surface area contributed by atoms with Gasteiger partial charge in [0.25, 0.3) is 0 Å². The Bertz CT molecular complexity index is 760. The average molecular weight is 330 g/mol. The molecule has 1 unspecified atom stereocenters. The quantitative estimate of drug-likeness (QED) is 0.672. The highest BCUT2D eigenvalue weighted by atomic mass is 19.1. The molecule has 24 heavy (non-hydrogen) atoms. The number of aliphatic imine (C=N–C) groups is 1. The van der Waals surface area contributed by atoms with Gasteiger partial charge in [-0.3, -0.25) is 4.99 Å². The van der Waals surface area contributed by atoms with Gasteiger partial charge in [-0.05, 0) is 30.2 Å². The summed E-state index contributed by atoms with van der Waals surface area (Å²) in [5, 5.41) is 2.62. The van der Waals surface area contributed by atoms with Gasteiger partial charge in [0.15, 0.2) is 5.96 Å². The number of guanidine groups is 1. The smallest absolute Gasteiger partial charge is 0.193 e. The summed E-state index contributed by atoms with van der Waals surface area (Å²) in [7, 11) is 2.05. The van der Waals surface area contributed by atoms with Gasteiger partial charge in [-0.15, -0.1) is 0 Å². The number of fused-ring (bicyclic) bond motifs is 1. The maximum absolute atomic E-state index is 13.6. The van der Waals surface area contributed by atoms with Gasteiger partial charge in [0.05, 0.1) is 5.69 Å². The fraction of sp³-hybridized carbons (Fsp3) is 0.278. The second-order valence-corrected chi connectivity index (χ2v) is 6.05. The summed E-state index contributed by atoms with van der Waals surface area (Å²) >= 11 is 0. The lowest BCUT2D eigenvalue weighted by Gasteiger charge is -2.32. The van der Waals surface area contributed by atoms with E-state index in [1.165, 1.54) is 11.3 Å². The van der Waals surface area contributed by atoms with Crippen LogP contribution >= 0.6 is 0 Å². The van der Waals surface area contributed by atoms with E-state index in [1.54, 1.807) is 0 Å². The first-order valence-corrected chi connectivity index (χ1v) is 7.84. The molecule has 0 radical (unpaired) electrons. The van der Waals surface area contributed by atoms with Crippen LogP contribution in [-0.4, -0.2) is 26.1 Å². The van der Waals surface area contributed by atoms with E-state index in [2.05, 4.69) is 34.4 Å². The SMILES string of the molecule is CN1CC(CN=C(N)Nc2cc(F)ccc2F)Cc2ccccc21. The minimum Gasteiger partial charge on any atom is -0.374 e. The minimum atomic E-state index is -0.569. The van der Waals surface area contributed by atoms with Crippen molar-refractivity contribution in [2.45, 2.75) is 6.42 Å². The fourth-order valence-electron chi connectivity index (χ4n) is 3.04. The summed E-state index contributed by atoms with van der Waals surface area (Å²) in [5.41, 5.74) is 8.32. The average Bonchev–Trinajstić information content (AvgIpc) is 2.56. The number of nitrogens with two attached hydrogens (primary N) is 1. The van der Waals surface area contributed by atoms with Crippen molar-refractivity contribution >= 4 is 17.3 Å². The molecule has 0 saturated carbocycles. The van der Waals surface area contributed by atoms with E-state index in [0.717, 1.165) is 31.2 Å². The molecule has 0 spiro atoms. The zero-order chi connectivity index (χ0) is 17.1. The molecule has 6 heteroatoms. The lowest BCUT2D eigenvalue weighted by atomic mass is 9.93. The third kappa shape index (κ3) is 3.64. The maximum atomic E-state index is 13.6. The van der Waals surface area contributed by atoms with Crippen molar-refractivity contribution in [3.8, 4) is 0 Å². The summed E-state index contributed by atoms with van der Waals surface area (Å²) < 4.78 is 26.8. The lowest BCUT2D eigenvalue weighted by molar-refractivity contribution is 0.515. The van der Waals surface area contributed by atoms with Crippen LogP contribution in [0.2, 0.25) is 0 Å². The Kier molecular flexibility index (Phi) is 4.64. The summed E-state index contributed by atoms with van der Waals surface area (Å²) in [6, 6.07) is 11.5. The number of benzene rings is 2. The molecule has 0 fully saturated rings. The minimum absolute atomic E-state index is 0.0117. The summed E-state index contributed by atoms with van der Waals surface area (Å²) in [4.78, 5) is 6.49. The first-order chi connectivity index (χ1) is 11.5. The Morgan fingerprint density at radius 2 is 2.08 bits per heavy atom. The largest absolute Gasteiger partial charge is 0.374 e. The van der Waals surface area contributed by atoms with E-state index in [1.807, 2.05) is 12.1 Å². The molecule has 126 valence electrons. The fourth-order valence-corrected chi connectivity index (χ4v) is 3.04. The van der Waals surface area contributed by atoms with Crippen molar-refractivity contribution in [2.75, 3.05) is 30.4 Å². The van der Waals surface area contributed by atoms with Crippen molar-refractivity contribution in [3.63, 3.8) is 0 Å². The summed E-state index contributed by atoms with van der Waals surface area (Å²) in [6.07, 6.45) is 0.922. The molecule has 0 aliphatic carbocycles. The van der Waals surface area contributed by atoms with Crippen LogP contribution in [-0.2, 0) is 6.42 Å². The molecule has 1 aliphatic rings. The number of hydrogen-bond donors (Lipinski definition) is 2. The molecule has 3 N–H and O–H groups in total. The predicted molar refractivity (Wildman–Crippen MR) is 93.4 cm³/mol. The van der Waals surface area contributed by atoms with Gasteiger partial charge in [-0.1, -0.05) is 18.2 Å². The third-order valence-electron chi connectivity index (χ3n) is 4.15. The van der Waals surface area contributed by atoms with Crippen LogP contribution in [0.3, 0.4) is 0 Å². The molecular formula is C18H20F2N4. The maximum Gasteiger partial charge on any atom is 0.193 e. The van der Waals surface area contributed by atoms with Crippen molar-refractivity contribution in [1.29, 1.82) is 0 Å². The van der Waals surface area contributed by atoms with Crippen LogP contribution in [0.5, 0.6) is 0 Å². The molecule has 0 saturated heterocycles. The molecule has 1 aliphatic heterocycles. The topological polar surface area (TPSA) is 53.6 Å². The van der Waals surface area contributed by atoms with Gasteiger partial charge in [0.1, 0.15) is 11.6 Å². The monoisotopic (exact) mass is 330 g/mol. The van der Waals surface area contributed by atoms with E-state index >= 15 is 0 Å². The molecule has 1 heterocycles. The zero-order valence-electron chi connectivity index (χ0n) is 13.5. The van der Waals surface area contributed by atoms with E-state index in [4.69, 9.17) is 5.73 Å². The molecule has 2 aromatic rings. The Morgan fingerprint density at radius 1 is 1.29 bits per heavy atom. The second-order valence-electron chi connectivity index (χ2n) is 6.05. The first kappa shape index (κ1) is 16.2. The van der Waals surface area contributed by atoms with Gasteiger partial charge in [0.2, 0.25) is 0 Å². The molecule has 3 rings (SSSR count). The number of nitrogens with zero attached hydrogens (tertiary/aromatic N) is 2. The van der Waals surface area contributed by atoms with Gasteiger partial charge in [0, 0.05) is 37.8 Å². The highest BCUT2D eigenvalue weighted by Gasteiger charge is 2.21. The van der Waals surface area contributed by atoms with Crippen LogP contribution in [0.1, 0.15) is 5.56 Å². The normalized spacial score (nSPS) is 17.5. The van der Waals surface area contributed by atoms with Crippen LogP contribution in [0.15, 0.2) is 47.5 Å². The number of rotatable bonds is 3. The molecule has 0 amide bonds. The molecule has 2 aromatic carbocycles. The lowest BCUT2D eigenvalue weighted by Crippen LogP contribution is -2.34. The predicted octanol–water partition coefficient (Wildman–Crippen LogP) is 3.00. The molecule has 0 bridgehead atoms. The van der Waals surface area contributed by atoms with Gasteiger partial charge in [-0.2, -0.15) is 0 Å². The number of anilines is 2. The number of hydrogen-bond acceptors (Lipinski definition) is 2. The molecule has 0 aromatic heterocycles. The highest BCUT2D eigenvalue weighted by molar-refractivity contribution is 5.92. The van der Waals surface area contributed by atoms with Crippen molar-refractivity contribution in [2.24, 2.45) is 16.6 Å². The summed E-state index contributed by atoms with van der Waals surface area (Å²) in [6.45, 7) is 1.40. The Morgan fingerprint density at radius 3 is 2.92 bits per heavy atom. The zero-order valence-corrected chi connectivity index (χ0v) is 13.5. The van der Waals surface area contributed by atoms with Crippen molar-refractivity contribution in [1.82, 2.24) is 0 Å². The standard InChI is InChI=1S/C18H20F2N4/c1-24-11-12(8-13-4-2-3-5-17(13)24)10-22-18(21)23-16-9-14(19)6-7-15(16)20/h2-7,9,12H,8,10-11H2,1H3,(H3,21,22,23). The van der Waals surface area contributed by atoms with E-state index in [0.29, 0.717) is 12.5 Å². The Hall–Kier alpha value is -2.63.